The Morgan fingerprint density at radius 2 is 1.58 bits per heavy atom. The zero-order valence-corrected chi connectivity index (χ0v) is 47.5. The van der Waals surface area contributed by atoms with Gasteiger partial charge in [-0.1, -0.05) is 83.9 Å². The number of aliphatic hydroxyl groups excluding tert-OH is 1. The van der Waals surface area contributed by atoms with Gasteiger partial charge in [-0.15, -0.1) is 0 Å². The number of piperidine rings is 1. The van der Waals surface area contributed by atoms with Crippen molar-refractivity contribution in [1.29, 1.82) is 0 Å². The van der Waals surface area contributed by atoms with E-state index < -0.39 is 77.8 Å². The van der Waals surface area contributed by atoms with Gasteiger partial charge in [0.25, 0.3) is 11.7 Å². The van der Waals surface area contributed by atoms with Gasteiger partial charge in [0.1, 0.15) is 36.7 Å². The van der Waals surface area contributed by atoms with Gasteiger partial charge in [0.05, 0.1) is 31.5 Å². The third-order valence-electron chi connectivity index (χ3n) is 16.7. The fourth-order valence-corrected chi connectivity index (χ4v) is 11.7. The van der Waals surface area contributed by atoms with E-state index >= 15 is 0 Å². The van der Waals surface area contributed by atoms with Crippen molar-refractivity contribution in [2.45, 2.75) is 180 Å². The molecule has 76 heavy (non-hydrogen) atoms. The first-order valence-electron chi connectivity index (χ1n) is 28.3. The van der Waals surface area contributed by atoms with E-state index in [9.17, 15) is 39.0 Å². The topological polar surface area (TPSA) is 208 Å². The Hall–Kier alpha value is -3.94. The van der Waals surface area contributed by atoms with E-state index in [4.69, 9.17) is 28.4 Å². The number of hydrogen-bond acceptors (Lipinski definition) is 16. The summed E-state index contributed by atoms with van der Waals surface area (Å²) in [5, 5.41) is 23.6. The van der Waals surface area contributed by atoms with Gasteiger partial charge >= 0.3 is 11.9 Å². The highest BCUT2D eigenvalue weighted by Crippen LogP contribution is 2.38. The van der Waals surface area contributed by atoms with Crippen LogP contribution in [0, 0.1) is 35.5 Å². The molecule has 1 saturated carbocycles. The fraction of sp³-hybridized carbons (Fsp3) is 0.763. The summed E-state index contributed by atoms with van der Waals surface area (Å²) >= 11 is 0. The number of methoxy groups -OCH3 is 2. The molecule has 3 saturated heterocycles. The van der Waals surface area contributed by atoms with Crippen molar-refractivity contribution in [2.24, 2.45) is 35.5 Å². The van der Waals surface area contributed by atoms with Gasteiger partial charge in [0.15, 0.2) is 5.78 Å². The Balaban J connectivity index is 1.37. The maximum Gasteiger partial charge on any atom is 0.329 e. The molecule has 4 fully saturated rings. The smallest absolute Gasteiger partial charge is 0.329 e. The van der Waals surface area contributed by atoms with Gasteiger partial charge in [-0.25, -0.2) is 4.79 Å². The summed E-state index contributed by atoms with van der Waals surface area (Å²) < 4.78 is 35.8. The van der Waals surface area contributed by atoms with Gasteiger partial charge in [-0.2, -0.15) is 0 Å². The molecule has 0 radical (unpaired) electrons. The Bertz CT molecular complexity index is 2070. The minimum absolute atomic E-state index is 0.0121. The molecule has 1 unspecified atom stereocenters. The first-order chi connectivity index (χ1) is 36.1. The van der Waals surface area contributed by atoms with E-state index in [0.717, 1.165) is 57.4 Å². The molecule has 1 amide bonds. The van der Waals surface area contributed by atoms with Crippen LogP contribution in [0.5, 0.6) is 0 Å². The summed E-state index contributed by atoms with van der Waals surface area (Å²) in [5.74, 6) is -8.19. The number of ether oxygens (including phenoxy) is 6. The van der Waals surface area contributed by atoms with E-state index in [1.165, 1.54) is 12.0 Å². The maximum atomic E-state index is 14.6. The minimum atomic E-state index is -2.44. The number of cyclic esters (lactones) is 1. The summed E-state index contributed by atoms with van der Waals surface area (Å²) in [4.78, 5) is 89.5. The molecule has 4 heterocycles. The molecule has 1 aliphatic carbocycles. The number of esters is 2. The van der Waals surface area contributed by atoms with Gasteiger partial charge in [0.2, 0.25) is 5.79 Å². The van der Waals surface area contributed by atoms with Gasteiger partial charge in [-0.05, 0) is 108 Å². The molecule has 0 aromatic rings. The van der Waals surface area contributed by atoms with Crippen molar-refractivity contribution < 1.29 is 67.4 Å². The van der Waals surface area contributed by atoms with Crippen LogP contribution in [0.3, 0.4) is 0 Å². The first kappa shape index (κ1) is 62.9. The molecule has 0 aromatic carbocycles. The molecule has 0 spiro atoms. The van der Waals surface area contributed by atoms with Crippen LogP contribution in [0.15, 0.2) is 47.6 Å². The van der Waals surface area contributed by atoms with Crippen LogP contribution in [0.2, 0.25) is 0 Å². The second-order valence-corrected chi connectivity index (χ2v) is 22.9. The highest BCUT2D eigenvalue weighted by Gasteiger charge is 2.53. The van der Waals surface area contributed by atoms with Crippen molar-refractivity contribution in [2.75, 3.05) is 73.7 Å². The molecule has 428 valence electrons. The molecule has 2 N–H and O–H groups in total. The number of ketones is 3. The Labute approximate surface area is 453 Å². The molecular weight excluding hydrogens is 975 g/mol. The van der Waals surface area contributed by atoms with Crippen LogP contribution in [-0.4, -0.2) is 182 Å². The van der Waals surface area contributed by atoms with Crippen molar-refractivity contribution in [3.05, 3.63) is 47.6 Å². The van der Waals surface area contributed by atoms with E-state index in [-0.39, 0.29) is 80.5 Å². The highest BCUT2D eigenvalue weighted by molar-refractivity contribution is 6.39. The molecule has 5 aliphatic rings. The standard InChI is InChI=1S/C59H93N3O14/c1-38-17-12-11-13-18-39(2)50(71-9)35-47-23-22-44(7)59(70,76-47)56(67)57(68)62-24-15-14-21-48(62)58(69)75-51(36-49(63)40(3)32-43(6)54(66)55(72-10)53(65)42(5)31-38)41(4)33-45-19-16-20-46(34-45)73-29-30-74-52(64)37-61-27-25-60(8)26-28-61/h11-13,17-18,32,38,40-42,44-48,50-51,54-55,66,70H,14-16,19-31,33-37H2,1-10H3/b13-11+,17-12+,39-18+,43-32+/t38-,40-,41-,42-,44-,45?,46+,47+,48+,50+,51+,54-,55+,59-/m1/s1. The average molecular weight is 1070 g/mol. The van der Waals surface area contributed by atoms with Crippen molar-refractivity contribution in [1.82, 2.24) is 14.7 Å². The largest absolute Gasteiger partial charge is 0.462 e. The molecular formula is C59H93N3O14. The monoisotopic (exact) mass is 1070 g/mol. The molecule has 4 aliphatic heterocycles. The lowest BCUT2D eigenvalue weighted by Crippen LogP contribution is -2.61. The number of carbonyl (C=O) groups excluding carboxylic acids is 6. The van der Waals surface area contributed by atoms with Crippen LogP contribution >= 0.6 is 0 Å². The second kappa shape index (κ2) is 30.4. The van der Waals surface area contributed by atoms with Crippen molar-refractivity contribution in [3.8, 4) is 0 Å². The maximum absolute atomic E-state index is 14.6. The predicted molar refractivity (Wildman–Crippen MR) is 288 cm³/mol. The Kier molecular flexibility index (Phi) is 25.2. The summed E-state index contributed by atoms with van der Waals surface area (Å²) in [7, 11) is 5.03. The van der Waals surface area contributed by atoms with E-state index in [1.807, 2.05) is 58.1 Å². The SMILES string of the molecule is CO[C@H]1C[C@@H]2CC[C@@H](C)[C@@](O)(O2)C(=O)C(=O)N2CCCC[C@H]2C(=O)O[C@H]([C@H](C)CC2CCC[C@H](OCCOC(=O)CN3CCN(C)CC3)C2)CC(=O)[C@H](C)/C=C(\C)[C@@H](O)[C@@H](OC)C(=O)[C@H](C)C[C@H](C)/C=C/C=C/C=C/1C. The summed E-state index contributed by atoms with van der Waals surface area (Å²) in [6.07, 6.45) is 13.6. The number of Topliss-reactive ketones (excluding diaryl/α,β-unsaturated/α-hetero) is 3. The van der Waals surface area contributed by atoms with Crippen LogP contribution < -0.4 is 0 Å². The number of fused-ring (bicyclic) bond motifs is 3. The lowest BCUT2D eigenvalue weighted by molar-refractivity contribution is -0.265. The molecule has 14 atom stereocenters. The Morgan fingerprint density at radius 1 is 0.842 bits per heavy atom. The van der Waals surface area contributed by atoms with E-state index in [0.29, 0.717) is 50.5 Å². The van der Waals surface area contributed by atoms with Gasteiger partial charge in [0, 0.05) is 77.5 Å². The number of likely N-dealkylation sites (N-methyl/N-ethyl adjacent to an activating group) is 1. The first-order valence-corrected chi connectivity index (χ1v) is 28.3. The van der Waals surface area contributed by atoms with Crippen molar-refractivity contribution in [3.63, 3.8) is 0 Å². The third kappa shape index (κ3) is 18.0. The Morgan fingerprint density at radius 3 is 2.29 bits per heavy atom. The predicted octanol–water partition coefficient (Wildman–Crippen LogP) is 6.37. The fourth-order valence-electron chi connectivity index (χ4n) is 11.7. The quantitative estimate of drug-likeness (QED) is 0.0998. The van der Waals surface area contributed by atoms with Crippen molar-refractivity contribution >= 4 is 35.2 Å². The number of rotatable bonds is 11. The number of aliphatic hydroxyl groups is 2. The normalized spacial score (nSPS) is 36.9. The van der Waals surface area contributed by atoms with Gasteiger partial charge < -0.3 is 48.4 Å². The van der Waals surface area contributed by atoms with Gasteiger partial charge in [-0.3, -0.25) is 28.9 Å². The molecule has 17 heteroatoms. The average Bonchev–Trinajstić information content (AvgIpc) is 3.39. The second-order valence-electron chi connectivity index (χ2n) is 22.9. The van der Waals surface area contributed by atoms with Crippen LogP contribution in [-0.2, 0) is 57.2 Å². The summed E-state index contributed by atoms with van der Waals surface area (Å²) in [6, 6.07) is -1.15. The molecule has 17 nitrogen and oxygen atoms in total. The highest BCUT2D eigenvalue weighted by atomic mass is 16.6. The number of amides is 1. The number of piperazine rings is 1. The van der Waals surface area contributed by atoms with Crippen LogP contribution in [0.4, 0.5) is 0 Å². The number of allylic oxidation sites excluding steroid dienone is 6. The number of carbonyl (C=O) groups is 6. The zero-order chi connectivity index (χ0) is 55.7. The number of hydrogen-bond donors (Lipinski definition) is 2. The third-order valence-corrected chi connectivity index (χ3v) is 16.7. The summed E-state index contributed by atoms with van der Waals surface area (Å²) in [6.45, 7) is 17.0. The van der Waals surface area contributed by atoms with Crippen LogP contribution in [0.25, 0.3) is 0 Å². The van der Waals surface area contributed by atoms with E-state index in [1.54, 1.807) is 34.0 Å². The lowest BCUT2D eigenvalue weighted by Gasteiger charge is -2.42. The molecule has 2 bridgehead atoms. The summed E-state index contributed by atoms with van der Waals surface area (Å²) in [5.41, 5.74) is 1.27. The zero-order valence-electron chi connectivity index (χ0n) is 47.5. The lowest BCUT2D eigenvalue weighted by atomic mass is 9.79. The number of nitrogens with zero attached hydrogens (tertiary/aromatic N) is 3. The minimum Gasteiger partial charge on any atom is -0.462 e. The molecule has 0 aromatic heterocycles. The molecule has 5 rings (SSSR count). The van der Waals surface area contributed by atoms with Crippen LogP contribution in [0.1, 0.15) is 132 Å². The van der Waals surface area contributed by atoms with E-state index in [2.05, 4.69) is 16.8 Å².